The van der Waals surface area contributed by atoms with Crippen molar-refractivity contribution in [3.05, 3.63) is 59.7 Å². The van der Waals surface area contributed by atoms with E-state index in [2.05, 4.69) is 5.32 Å². The standard InChI is InChI=1S/C16H18N2O3/c1-16(10-17,11-5-3-2-4-6-11)18-15(21)13-8-7-12(19)9-14(13)20/h2-9,19-20H,10,17H2,1H3,(H,18,21). The zero-order valence-electron chi connectivity index (χ0n) is 11.7. The molecule has 0 aliphatic carbocycles. The lowest BCUT2D eigenvalue weighted by molar-refractivity contribution is 0.0905. The number of aromatic hydroxyl groups is 2. The summed E-state index contributed by atoms with van der Waals surface area (Å²) in [6.07, 6.45) is 0. The number of carbonyl (C=O) groups excluding carboxylic acids is 1. The maximum atomic E-state index is 12.3. The Morgan fingerprint density at radius 3 is 2.43 bits per heavy atom. The zero-order chi connectivity index (χ0) is 15.5. The molecule has 0 bridgehead atoms. The van der Waals surface area contributed by atoms with Crippen molar-refractivity contribution in [3.8, 4) is 11.5 Å². The van der Waals surface area contributed by atoms with Crippen LogP contribution in [-0.4, -0.2) is 22.7 Å². The third-order valence-electron chi connectivity index (χ3n) is 3.43. The number of nitrogens with one attached hydrogen (secondary N) is 1. The van der Waals surface area contributed by atoms with E-state index < -0.39 is 11.4 Å². The Morgan fingerprint density at radius 1 is 1.19 bits per heavy atom. The van der Waals surface area contributed by atoms with Crippen molar-refractivity contribution in [2.45, 2.75) is 12.5 Å². The van der Waals surface area contributed by atoms with E-state index in [0.717, 1.165) is 11.6 Å². The number of amides is 1. The minimum absolute atomic E-state index is 0.0865. The fraction of sp³-hybridized carbons (Fsp3) is 0.188. The molecule has 0 saturated carbocycles. The van der Waals surface area contributed by atoms with Gasteiger partial charge in [0.2, 0.25) is 0 Å². The van der Waals surface area contributed by atoms with Crippen molar-refractivity contribution in [3.63, 3.8) is 0 Å². The maximum absolute atomic E-state index is 12.3. The Bertz CT molecular complexity index is 643. The van der Waals surface area contributed by atoms with Gasteiger partial charge < -0.3 is 21.3 Å². The van der Waals surface area contributed by atoms with Crippen LogP contribution in [0.5, 0.6) is 11.5 Å². The predicted octanol–water partition coefficient (Wildman–Crippen LogP) is 1.70. The summed E-state index contributed by atoms with van der Waals surface area (Å²) < 4.78 is 0. The molecule has 2 aromatic carbocycles. The van der Waals surface area contributed by atoms with Crippen LogP contribution < -0.4 is 11.1 Å². The molecular weight excluding hydrogens is 268 g/mol. The normalized spacial score (nSPS) is 13.4. The highest BCUT2D eigenvalue weighted by Crippen LogP contribution is 2.25. The van der Waals surface area contributed by atoms with Crippen molar-refractivity contribution >= 4 is 5.91 Å². The number of hydrogen-bond acceptors (Lipinski definition) is 4. The minimum atomic E-state index is -0.747. The second kappa shape index (κ2) is 5.85. The lowest BCUT2D eigenvalue weighted by Crippen LogP contribution is -2.48. The largest absolute Gasteiger partial charge is 0.508 e. The summed E-state index contributed by atoms with van der Waals surface area (Å²) in [5, 5.41) is 21.8. The Hall–Kier alpha value is -2.53. The van der Waals surface area contributed by atoms with Gasteiger partial charge in [0.15, 0.2) is 0 Å². The molecule has 1 amide bonds. The highest BCUT2D eigenvalue weighted by Gasteiger charge is 2.28. The number of phenolic OH excluding ortho intramolecular Hbond substituents is 2. The first-order valence-electron chi connectivity index (χ1n) is 6.56. The molecule has 0 spiro atoms. The summed E-state index contributed by atoms with van der Waals surface area (Å²) in [6.45, 7) is 2.03. The number of benzene rings is 2. The average molecular weight is 286 g/mol. The van der Waals surface area contributed by atoms with E-state index in [1.54, 1.807) is 0 Å². The Balaban J connectivity index is 2.28. The van der Waals surface area contributed by atoms with E-state index in [1.165, 1.54) is 12.1 Å². The van der Waals surface area contributed by atoms with Crippen LogP contribution >= 0.6 is 0 Å². The minimum Gasteiger partial charge on any atom is -0.508 e. The van der Waals surface area contributed by atoms with Crippen molar-refractivity contribution in [1.29, 1.82) is 0 Å². The van der Waals surface area contributed by atoms with Gasteiger partial charge in [-0.05, 0) is 24.6 Å². The molecule has 2 rings (SSSR count). The van der Waals surface area contributed by atoms with E-state index in [4.69, 9.17) is 5.73 Å². The first-order valence-corrected chi connectivity index (χ1v) is 6.56. The Labute approximate surface area is 123 Å². The van der Waals surface area contributed by atoms with Gasteiger partial charge in [-0.1, -0.05) is 30.3 Å². The third-order valence-corrected chi connectivity index (χ3v) is 3.43. The summed E-state index contributed by atoms with van der Waals surface area (Å²) in [7, 11) is 0. The topological polar surface area (TPSA) is 95.6 Å². The van der Waals surface area contributed by atoms with E-state index in [0.29, 0.717) is 0 Å². The van der Waals surface area contributed by atoms with Gasteiger partial charge in [0.05, 0.1) is 11.1 Å². The summed E-state index contributed by atoms with van der Waals surface area (Å²) in [5.41, 5.74) is 6.02. The summed E-state index contributed by atoms with van der Waals surface area (Å²) in [5.74, 6) is -0.835. The predicted molar refractivity (Wildman–Crippen MR) is 80.1 cm³/mol. The number of rotatable bonds is 4. The van der Waals surface area contributed by atoms with E-state index in [1.807, 2.05) is 37.3 Å². The smallest absolute Gasteiger partial charge is 0.255 e. The first-order chi connectivity index (χ1) is 9.96. The molecule has 0 aromatic heterocycles. The molecule has 2 aromatic rings. The van der Waals surface area contributed by atoms with E-state index in [9.17, 15) is 15.0 Å². The van der Waals surface area contributed by atoms with Crippen LogP contribution in [0.15, 0.2) is 48.5 Å². The Morgan fingerprint density at radius 2 is 1.86 bits per heavy atom. The Kier molecular flexibility index (Phi) is 4.14. The molecule has 5 nitrogen and oxygen atoms in total. The molecule has 0 radical (unpaired) electrons. The second-order valence-electron chi connectivity index (χ2n) is 5.06. The molecule has 1 unspecified atom stereocenters. The lowest BCUT2D eigenvalue weighted by Gasteiger charge is -2.30. The van der Waals surface area contributed by atoms with Crippen molar-refractivity contribution in [1.82, 2.24) is 5.32 Å². The first kappa shape index (κ1) is 14.9. The third kappa shape index (κ3) is 3.14. The van der Waals surface area contributed by atoms with Crippen molar-refractivity contribution < 1.29 is 15.0 Å². The van der Waals surface area contributed by atoms with Crippen LogP contribution in [0.3, 0.4) is 0 Å². The van der Waals surface area contributed by atoms with Gasteiger partial charge in [-0.3, -0.25) is 4.79 Å². The van der Waals surface area contributed by atoms with Gasteiger partial charge in [0.1, 0.15) is 11.5 Å². The monoisotopic (exact) mass is 286 g/mol. The molecule has 1 atom stereocenters. The lowest BCUT2D eigenvalue weighted by atomic mass is 9.91. The molecule has 5 heteroatoms. The molecule has 0 saturated heterocycles. The van der Waals surface area contributed by atoms with Crippen LogP contribution in [0.1, 0.15) is 22.8 Å². The molecule has 5 N–H and O–H groups in total. The van der Waals surface area contributed by atoms with Gasteiger partial charge in [-0.15, -0.1) is 0 Å². The fourth-order valence-electron chi connectivity index (χ4n) is 2.08. The van der Waals surface area contributed by atoms with Crippen molar-refractivity contribution in [2.75, 3.05) is 6.54 Å². The van der Waals surface area contributed by atoms with Crippen LogP contribution in [0.2, 0.25) is 0 Å². The molecule has 0 aliphatic rings. The fourth-order valence-corrected chi connectivity index (χ4v) is 2.08. The SMILES string of the molecule is CC(CN)(NC(=O)c1ccc(O)cc1O)c1ccccc1. The molecule has 0 heterocycles. The molecule has 0 fully saturated rings. The second-order valence-corrected chi connectivity index (χ2v) is 5.06. The van der Waals surface area contributed by atoms with Crippen molar-refractivity contribution in [2.24, 2.45) is 5.73 Å². The van der Waals surface area contributed by atoms with Gasteiger partial charge >= 0.3 is 0 Å². The maximum Gasteiger partial charge on any atom is 0.255 e. The van der Waals surface area contributed by atoms with Crippen LogP contribution in [-0.2, 0) is 5.54 Å². The van der Waals surface area contributed by atoms with E-state index in [-0.39, 0.29) is 23.6 Å². The quantitative estimate of drug-likeness (QED) is 0.688. The number of nitrogens with two attached hydrogens (primary N) is 1. The number of phenols is 2. The number of carbonyl (C=O) groups is 1. The molecule has 110 valence electrons. The molecular formula is C16H18N2O3. The van der Waals surface area contributed by atoms with Crippen LogP contribution in [0.25, 0.3) is 0 Å². The van der Waals surface area contributed by atoms with Gasteiger partial charge in [-0.2, -0.15) is 0 Å². The molecule has 0 aliphatic heterocycles. The van der Waals surface area contributed by atoms with E-state index >= 15 is 0 Å². The van der Waals surface area contributed by atoms with Gasteiger partial charge in [0.25, 0.3) is 5.91 Å². The summed E-state index contributed by atoms with van der Waals surface area (Å²) in [6, 6.07) is 13.2. The average Bonchev–Trinajstić information content (AvgIpc) is 2.47. The van der Waals surface area contributed by atoms with Crippen LogP contribution in [0, 0.1) is 0 Å². The number of hydrogen-bond donors (Lipinski definition) is 4. The van der Waals surface area contributed by atoms with Gasteiger partial charge in [-0.25, -0.2) is 0 Å². The highest BCUT2D eigenvalue weighted by atomic mass is 16.3. The zero-order valence-corrected chi connectivity index (χ0v) is 11.7. The van der Waals surface area contributed by atoms with Crippen LogP contribution in [0.4, 0.5) is 0 Å². The summed E-state index contributed by atoms with van der Waals surface area (Å²) >= 11 is 0. The summed E-state index contributed by atoms with van der Waals surface area (Å²) in [4.78, 5) is 12.3. The molecule has 21 heavy (non-hydrogen) atoms. The highest BCUT2D eigenvalue weighted by molar-refractivity contribution is 5.97. The van der Waals surface area contributed by atoms with Gasteiger partial charge in [0, 0.05) is 12.6 Å².